The van der Waals surface area contributed by atoms with Crippen LogP contribution in [0, 0.1) is 0 Å². The van der Waals surface area contributed by atoms with Gasteiger partial charge in [-0.15, -0.1) is 0 Å². The van der Waals surface area contributed by atoms with Crippen LogP contribution in [0.15, 0.2) is 28.9 Å². The minimum Gasteiger partial charge on any atom is -0.464 e. The molecule has 1 heterocycles. The molecule has 0 radical (unpaired) electrons. The zero-order valence-electron chi connectivity index (χ0n) is 7.58. The van der Waals surface area contributed by atoms with Gasteiger partial charge in [-0.05, 0) is 39.7 Å². The summed E-state index contributed by atoms with van der Waals surface area (Å²) in [5, 5.41) is 10.6. The van der Waals surface area contributed by atoms with Crippen molar-refractivity contribution in [2.75, 3.05) is 0 Å². The highest BCUT2D eigenvalue weighted by atomic mass is 79.9. The minimum absolute atomic E-state index is 0.687. The Morgan fingerprint density at radius 3 is 2.80 bits per heavy atom. The molecule has 0 atom stereocenters. The molecule has 15 heavy (non-hydrogen) atoms. The number of hydrogen-bond acceptors (Lipinski definition) is 1. The highest BCUT2D eigenvalue weighted by Crippen LogP contribution is 2.27. The second-order valence-electron chi connectivity index (χ2n) is 3.12. The van der Waals surface area contributed by atoms with Crippen LogP contribution < -0.4 is 0 Å². The van der Waals surface area contributed by atoms with Crippen LogP contribution in [-0.4, -0.2) is 15.8 Å². The van der Waals surface area contributed by atoms with Crippen molar-refractivity contribution in [1.29, 1.82) is 0 Å². The molecule has 2 aromatic rings. The van der Waals surface area contributed by atoms with E-state index in [-0.39, 0.29) is 0 Å². The van der Waals surface area contributed by atoms with Gasteiger partial charge in [0.2, 0.25) is 0 Å². The lowest BCUT2D eigenvalue weighted by atomic mass is 10.2. The molecular formula is C10H7Br2NO2. The fourth-order valence-corrected chi connectivity index (χ4v) is 2.56. The third-order valence-corrected chi connectivity index (χ3v) is 3.41. The summed E-state index contributed by atoms with van der Waals surface area (Å²) in [5.74, 6) is 0. The molecule has 0 aliphatic rings. The van der Waals surface area contributed by atoms with Crippen LogP contribution in [0.5, 0.6) is 0 Å². The molecule has 0 fully saturated rings. The smallest absolute Gasteiger partial charge is 0.416 e. The summed E-state index contributed by atoms with van der Waals surface area (Å²) < 4.78 is 2.00. The summed E-state index contributed by atoms with van der Waals surface area (Å²) in [4.78, 5) is 10.9. The second kappa shape index (κ2) is 3.98. The Balaban J connectivity index is 2.77. The van der Waals surface area contributed by atoms with Crippen LogP contribution >= 0.6 is 31.9 Å². The first-order valence-electron chi connectivity index (χ1n) is 4.22. The fraction of sp³-hybridized carbons (Fsp3) is 0.100. The number of aromatic nitrogens is 1. The summed E-state index contributed by atoms with van der Waals surface area (Å²) >= 11 is 6.75. The van der Waals surface area contributed by atoms with E-state index in [2.05, 4.69) is 31.9 Å². The summed E-state index contributed by atoms with van der Waals surface area (Å²) in [5.41, 5.74) is 1.80. The maximum atomic E-state index is 10.9. The van der Waals surface area contributed by atoms with Crippen LogP contribution in [0.4, 0.5) is 4.79 Å². The van der Waals surface area contributed by atoms with Gasteiger partial charge in [0.1, 0.15) is 0 Å². The first-order chi connectivity index (χ1) is 7.13. The van der Waals surface area contributed by atoms with E-state index in [4.69, 9.17) is 5.11 Å². The van der Waals surface area contributed by atoms with E-state index >= 15 is 0 Å². The van der Waals surface area contributed by atoms with Crippen LogP contribution in [0.2, 0.25) is 0 Å². The second-order valence-corrected chi connectivity index (χ2v) is 4.53. The molecule has 1 aromatic heterocycles. The first-order valence-corrected chi connectivity index (χ1v) is 6.13. The molecule has 78 valence electrons. The van der Waals surface area contributed by atoms with E-state index in [9.17, 15) is 4.79 Å². The maximum Gasteiger partial charge on any atom is 0.416 e. The first kappa shape index (κ1) is 10.7. The monoisotopic (exact) mass is 331 g/mol. The number of benzene rings is 1. The van der Waals surface area contributed by atoms with E-state index in [1.165, 1.54) is 4.57 Å². The van der Waals surface area contributed by atoms with E-state index in [1.54, 1.807) is 12.3 Å². The lowest BCUT2D eigenvalue weighted by molar-refractivity contribution is 0.197. The van der Waals surface area contributed by atoms with Crippen molar-refractivity contribution in [3.63, 3.8) is 0 Å². The largest absolute Gasteiger partial charge is 0.464 e. The van der Waals surface area contributed by atoms with Crippen LogP contribution in [0.25, 0.3) is 10.9 Å². The van der Waals surface area contributed by atoms with Gasteiger partial charge in [0.25, 0.3) is 0 Å². The number of rotatable bonds is 1. The third-order valence-electron chi connectivity index (χ3n) is 2.16. The van der Waals surface area contributed by atoms with Gasteiger partial charge in [-0.2, -0.15) is 0 Å². The Bertz CT molecular complexity index is 533. The molecule has 1 N–H and O–H groups in total. The summed E-state index contributed by atoms with van der Waals surface area (Å²) in [6.45, 7) is 0. The summed E-state index contributed by atoms with van der Waals surface area (Å²) in [6, 6.07) is 5.67. The summed E-state index contributed by atoms with van der Waals surface area (Å²) in [6.07, 6.45) is 0.577. The van der Waals surface area contributed by atoms with Gasteiger partial charge in [-0.25, -0.2) is 4.79 Å². The number of halogens is 2. The standard InChI is InChI=1S/C10H7Br2NO2/c11-5-6-3-7-1-2-13(10(14)15)9(7)8(12)4-6/h1-4H,5H2,(H,14,15). The van der Waals surface area contributed by atoms with E-state index in [1.807, 2.05) is 12.1 Å². The Kier molecular flexibility index (Phi) is 2.84. The fourth-order valence-electron chi connectivity index (χ4n) is 1.53. The number of alkyl halides is 1. The lowest BCUT2D eigenvalue weighted by Gasteiger charge is -2.03. The van der Waals surface area contributed by atoms with Gasteiger partial charge in [0, 0.05) is 21.4 Å². The van der Waals surface area contributed by atoms with Crippen LogP contribution in [-0.2, 0) is 5.33 Å². The molecule has 0 saturated carbocycles. The number of carboxylic acid groups (broad SMARTS) is 1. The van der Waals surface area contributed by atoms with E-state index < -0.39 is 6.09 Å². The van der Waals surface area contributed by atoms with Crippen molar-refractivity contribution in [2.24, 2.45) is 0 Å². The van der Waals surface area contributed by atoms with Crippen molar-refractivity contribution < 1.29 is 9.90 Å². The quantitative estimate of drug-likeness (QED) is 0.806. The molecule has 0 aliphatic carbocycles. The van der Waals surface area contributed by atoms with Crippen molar-refractivity contribution >= 4 is 48.9 Å². The molecule has 3 nitrogen and oxygen atoms in total. The SMILES string of the molecule is O=C(O)n1ccc2cc(CBr)cc(Br)c21. The Labute approximate surface area is 103 Å². The highest BCUT2D eigenvalue weighted by Gasteiger charge is 2.10. The maximum absolute atomic E-state index is 10.9. The molecule has 0 unspecified atom stereocenters. The van der Waals surface area contributed by atoms with E-state index in [0.717, 1.165) is 20.8 Å². The van der Waals surface area contributed by atoms with Crippen LogP contribution in [0.1, 0.15) is 5.56 Å². The Morgan fingerprint density at radius 2 is 2.20 bits per heavy atom. The van der Waals surface area contributed by atoms with Gasteiger partial charge in [-0.3, -0.25) is 4.57 Å². The number of hydrogen-bond donors (Lipinski definition) is 1. The Hall–Kier alpha value is -0.810. The number of carbonyl (C=O) groups is 1. The van der Waals surface area contributed by atoms with Crippen LogP contribution in [0.3, 0.4) is 0 Å². The van der Waals surface area contributed by atoms with Crippen molar-refractivity contribution in [1.82, 2.24) is 4.57 Å². The minimum atomic E-state index is -0.975. The molecule has 0 spiro atoms. The topological polar surface area (TPSA) is 42.2 Å². The average Bonchev–Trinajstić information content (AvgIpc) is 2.61. The van der Waals surface area contributed by atoms with Gasteiger partial charge in [0.05, 0.1) is 5.52 Å². The normalized spacial score (nSPS) is 10.8. The lowest BCUT2D eigenvalue weighted by Crippen LogP contribution is -2.05. The van der Waals surface area contributed by atoms with Crippen molar-refractivity contribution in [2.45, 2.75) is 5.33 Å². The van der Waals surface area contributed by atoms with E-state index in [0.29, 0.717) is 5.52 Å². The molecule has 0 saturated heterocycles. The molecule has 0 amide bonds. The molecular weight excluding hydrogens is 326 g/mol. The third kappa shape index (κ3) is 1.81. The number of nitrogens with zero attached hydrogens (tertiary/aromatic N) is 1. The molecule has 5 heteroatoms. The van der Waals surface area contributed by atoms with Gasteiger partial charge in [0.15, 0.2) is 0 Å². The van der Waals surface area contributed by atoms with Crippen molar-refractivity contribution in [3.8, 4) is 0 Å². The molecule has 1 aromatic carbocycles. The Morgan fingerprint density at radius 1 is 1.47 bits per heavy atom. The molecule has 0 aliphatic heterocycles. The predicted molar refractivity (Wildman–Crippen MR) is 65.7 cm³/mol. The predicted octanol–water partition coefficient (Wildman–Crippen LogP) is 3.82. The summed E-state index contributed by atoms with van der Waals surface area (Å²) in [7, 11) is 0. The molecule has 0 bridgehead atoms. The highest BCUT2D eigenvalue weighted by molar-refractivity contribution is 9.10. The van der Waals surface area contributed by atoms with Gasteiger partial charge < -0.3 is 5.11 Å². The van der Waals surface area contributed by atoms with Crippen molar-refractivity contribution in [3.05, 3.63) is 34.4 Å². The van der Waals surface area contributed by atoms with Gasteiger partial charge in [-0.1, -0.05) is 15.9 Å². The zero-order valence-corrected chi connectivity index (χ0v) is 10.7. The van der Waals surface area contributed by atoms with Gasteiger partial charge >= 0.3 is 6.09 Å². The average molecular weight is 333 g/mol. The molecule has 2 rings (SSSR count). The number of fused-ring (bicyclic) bond motifs is 1. The zero-order chi connectivity index (χ0) is 11.0.